The van der Waals surface area contributed by atoms with E-state index < -0.39 is 0 Å². The van der Waals surface area contributed by atoms with Crippen LogP contribution in [0.15, 0.2) is 12.1 Å². The number of ether oxygens (including phenoxy) is 1. The van der Waals surface area contributed by atoms with Gasteiger partial charge in [-0.3, -0.25) is 0 Å². The average molecular weight is 308 g/mol. The van der Waals surface area contributed by atoms with Crippen LogP contribution < -0.4 is 0 Å². The first-order valence-corrected chi connectivity index (χ1v) is 6.78. The van der Waals surface area contributed by atoms with Crippen LogP contribution in [0, 0.1) is 0 Å². The topological polar surface area (TPSA) is 27.1 Å². The standard InChI is InChI=1S/C12H13Cl3N2O/c1-7(18-2)6-17-11-4-9(15)8(14)3-10(11)16-12(17)5-13/h3-4,7H,5-6H2,1-2H3. The lowest BCUT2D eigenvalue weighted by atomic mass is 10.3. The minimum Gasteiger partial charge on any atom is -0.380 e. The minimum absolute atomic E-state index is 0.0684. The number of halogens is 3. The number of fused-ring (bicyclic) bond motifs is 1. The van der Waals surface area contributed by atoms with Gasteiger partial charge in [0.1, 0.15) is 5.82 Å². The highest BCUT2D eigenvalue weighted by Gasteiger charge is 2.14. The average Bonchev–Trinajstić information content (AvgIpc) is 2.67. The van der Waals surface area contributed by atoms with Crippen molar-refractivity contribution in [1.29, 1.82) is 0 Å². The van der Waals surface area contributed by atoms with Crippen molar-refractivity contribution in [2.24, 2.45) is 0 Å². The molecule has 0 bridgehead atoms. The largest absolute Gasteiger partial charge is 0.380 e. The van der Waals surface area contributed by atoms with E-state index in [0.29, 0.717) is 22.5 Å². The molecule has 1 aromatic heterocycles. The number of hydrogen-bond donors (Lipinski definition) is 0. The Morgan fingerprint density at radius 1 is 1.33 bits per heavy atom. The predicted octanol–water partition coefficient (Wildman–Crippen LogP) is 4.12. The maximum Gasteiger partial charge on any atom is 0.124 e. The Morgan fingerprint density at radius 3 is 2.61 bits per heavy atom. The zero-order valence-corrected chi connectivity index (χ0v) is 12.4. The number of methoxy groups -OCH3 is 1. The van der Waals surface area contributed by atoms with E-state index in [0.717, 1.165) is 16.9 Å². The molecule has 0 aliphatic heterocycles. The van der Waals surface area contributed by atoms with E-state index in [-0.39, 0.29) is 6.10 Å². The third-order valence-electron chi connectivity index (χ3n) is 2.83. The molecule has 0 fully saturated rings. The second kappa shape index (κ2) is 5.66. The molecule has 0 aliphatic rings. The van der Waals surface area contributed by atoms with E-state index >= 15 is 0 Å². The third kappa shape index (κ3) is 2.59. The smallest absolute Gasteiger partial charge is 0.124 e. The Balaban J connectivity index is 2.57. The van der Waals surface area contributed by atoms with Gasteiger partial charge in [0, 0.05) is 7.11 Å². The van der Waals surface area contributed by atoms with Crippen molar-refractivity contribution >= 4 is 45.8 Å². The molecular weight excluding hydrogens is 295 g/mol. The zero-order chi connectivity index (χ0) is 13.3. The summed E-state index contributed by atoms with van der Waals surface area (Å²) in [5.74, 6) is 1.12. The molecule has 0 amide bonds. The summed E-state index contributed by atoms with van der Waals surface area (Å²) >= 11 is 18.0. The second-order valence-electron chi connectivity index (χ2n) is 4.07. The minimum atomic E-state index is 0.0684. The lowest BCUT2D eigenvalue weighted by molar-refractivity contribution is 0.103. The molecule has 2 rings (SSSR count). The Bertz CT molecular complexity index is 568. The van der Waals surface area contributed by atoms with Crippen molar-refractivity contribution < 1.29 is 4.74 Å². The van der Waals surface area contributed by atoms with Crippen LogP contribution >= 0.6 is 34.8 Å². The van der Waals surface area contributed by atoms with Crippen LogP contribution in [0.3, 0.4) is 0 Å². The Kier molecular flexibility index (Phi) is 4.38. The highest BCUT2D eigenvalue weighted by Crippen LogP contribution is 2.29. The molecular formula is C12H13Cl3N2O. The number of nitrogens with zero attached hydrogens (tertiary/aromatic N) is 2. The Labute approximate surface area is 121 Å². The van der Waals surface area contributed by atoms with E-state index in [1.54, 1.807) is 13.2 Å². The van der Waals surface area contributed by atoms with E-state index in [1.807, 2.05) is 17.6 Å². The molecule has 6 heteroatoms. The van der Waals surface area contributed by atoms with Gasteiger partial charge in [-0.15, -0.1) is 11.6 Å². The molecule has 2 aromatic rings. The number of benzene rings is 1. The van der Waals surface area contributed by atoms with Crippen molar-refractivity contribution in [3.05, 3.63) is 28.0 Å². The van der Waals surface area contributed by atoms with Crippen LogP contribution in [0.5, 0.6) is 0 Å². The van der Waals surface area contributed by atoms with Crippen molar-refractivity contribution in [2.45, 2.75) is 25.5 Å². The summed E-state index contributed by atoms with van der Waals surface area (Å²) in [4.78, 5) is 4.45. The van der Waals surface area contributed by atoms with Crippen molar-refractivity contribution in [1.82, 2.24) is 9.55 Å². The molecule has 18 heavy (non-hydrogen) atoms. The highest BCUT2D eigenvalue weighted by molar-refractivity contribution is 6.42. The summed E-state index contributed by atoms with van der Waals surface area (Å²) in [6, 6.07) is 3.56. The first-order chi connectivity index (χ1) is 8.56. The maximum absolute atomic E-state index is 6.05. The molecule has 0 N–H and O–H groups in total. The molecule has 1 unspecified atom stereocenters. The normalized spacial score (nSPS) is 13.2. The Hall–Kier alpha value is -0.480. The van der Waals surface area contributed by atoms with Crippen LogP contribution in [0.25, 0.3) is 11.0 Å². The number of imidazole rings is 1. The lowest BCUT2D eigenvalue weighted by Crippen LogP contribution is -2.16. The Morgan fingerprint density at radius 2 is 2.00 bits per heavy atom. The first-order valence-electron chi connectivity index (χ1n) is 5.49. The second-order valence-corrected chi connectivity index (χ2v) is 5.16. The van der Waals surface area contributed by atoms with E-state index in [4.69, 9.17) is 39.5 Å². The lowest BCUT2D eigenvalue weighted by Gasteiger charge is -2.13. The number of hydrogen-bond acceptors (Lipinski definition) is 2. The highest BCUT2D eigenvalue weighted by atomic mass is 35.5. The van der Waals surface area contributed by atoms with Gasteiger partial charge in [-0.05, 0) is 19.1 Å². The third-order valence-corrected chi connectivity index (χ3v) is 3.79. The van der Waals surface area contributed by atoms with Gasteiger partial charge < -0.3 is 9.30 Å². The number of alkyl halides is 1. The fourth-order valence-corrected chi connectivity index (χ4v) is 2.33. The van der Waals surface area contributed by atoms with Crippen LogP contribution in [0.2, 0.25) is 10.0 Å². The van der Waals surface area contributed by atoms with E-state index in [1.165, 1.54) is 0 Å². The summed E-state index contributed by atoms with van der Waals surface area (Å²) < 4.78 is 7.29. The van der Waals surface area contributed by atoms with Gasteiger partial charge in [0.25, 0.3) is 0 Å². The SMILES string of the molecule is COC(C)Cn1c(CCl)nc2cc(Cl)c(Cl)cc21. The van der Waals surface area contributed by atoms with E-state index in [2.05, 4.69) is 4.98 Å². The summed E-state index contributed by atoms with van der Waals surface area (Å²) in [7, 11) is 1.67. The zero-order valence-electron chi connectivity index (χ0n) is 10.1. The van der Waals surface area contributed by atoms with Crippen LogP contribution in [0.4, 0.5) is 0 Å². The van der Waals surface area contributed by atoms with E-state index in [9.17, 15) is 0 Å². The first kappa shape index (κ1) is 13.9. The van der Waals surface area contributed by atoms with Gasteiger partial charge in [0.2, 0.25) is 0 Å². The molecule has 0 saturated carbocycles. The fourth-order valence-electron chi connectivity index (χ4n) is 1.81. The van der Waals surface area contributed by atoms with Crippen molar-refractivity contribution in [3.8, 4) is 0 Å². The van der Waals surface area contributed by atoms with Gasteiger partial charge in [-0.1, -0.05) is 23.2 Å². The van der Waals surface area contributed by atoms with Gasteiger partial charge in [0.15, 0.2) is 0 Å². The van der Waals surface area contributed by atoms with Crippen LogP contribution in [-0.4, -0.2) is 22.8 Å². The molecule has 1 heterocycles. The van der Waals surface area contributed by atoms with Gasteiger partial charge in [-0.25, -0.2) is 4.98 Å². The molecule has 0 aliphatic carbocycles. The molecule has 0 radical (unpaired) electrons. The number of rotatable bonds is 4. The summed E-state index contributed by atoms with van der Waals surface area (Å²) in [5.41, 5.74) is 1.72. The van der Waals surface area contributed by atoms with Gasteiger partial charge in [0.05, 0.1) is 39.6 Å². The number of aromatic nitrogens is 2. The van der Waals surface area contributed by atoms with Crippen molar-refractivity contribution in [3.63, 3.8) is 0 Å². The van der Waals surface area contributed by atoms with Crippen molar-refractivity contribution in [2.75, 3.05) is 7.11 Å². The van der Waals surface area contributed by atoms with Gasteiger partial charge in [-0.2, -0.15) is 0 Å². The van der Waals surface area contributed by atoms with Gasteiger partial charge >= 0.3 is 0 Å². The molecule has 0 spiro atoms. The summed E-state index contributed by atoms with van der Waals surface area (Å²) in [5, 5.41) is 1.01. The molecule has 98 valence electrons. The quantitative estimate of drug-likeness (QED) is 0.795. The summed E-state index contributed by atoms with van der Waals surface area (Å²) in [6.07, 6.45) is 0.0684. The molecule has 1 aromatic carbocycles. The summed E-state index contributed by atoms with van der Waals surface area (Å²) in [6.45, 7) is 2.66. The maximum atomic E-state index is 6.05. The monoisotopic (exact) mass is 306 g/mol. The predicted molar refractivity (Wildman–Crippen MR) is 75.8 cm³/mol. The molecule has 3 nitrogen and oxygen atoms in total. The molecule has 0 saturated heterocycles. The fraction of sp³-hybridized carbons (Fsp3) is 0.417. The van der Waals surface area contributed by atoms with Crippen LogP contribution in [-0.2, 0) is 17.2 Å². The van der Waals surface area contributed by atoms with Crippen LogP contribution in [0.1, 0.15) is 12.7 Å². The molecule has 1 atom stereocenters.